The molecular weight excluding hydrogens is 330 g/mol. The first kappa shape index (κ1) is 18.6. The molecule has 1 aliphatic heterocycles. The molecule has 0 unspecified atom stereocenters. The number of ether oxygens (including phenoxy) is 1. The predicted molar refractivity (Wildman–Crippen MR) is 101 cm³/mol. The lowest BCUT2D eigenvalue weighted by atomic mass is 10.1. The molecule has 0 spiro atoms. The van der Waals surface area contributed by atoms with E-state index in [0.717, 1.165) is 19.4 Å². The molecule has 1 saturated heterocycles. The molecule has 2 heterocycles. The Labute approximate surface area is 153 Å². The largest absolute Gasteiger partial charge is 0.376 e. The van der Waals surface area contributed by atoms with Crippen molar-refractivity contribution in [2.45, 2.75) is 46.3 Å². The first-order valence-electron chi connectivity index (χ1n) is 9.42. The van der Waals surface area contributed by atoms with Crippen LogP contribution in [-0.4, -0.2) is 46.4 Å². The van der Waals surface area contributed by atoms with E-state index < -0.39 is 0 Å². The SMILES string of the molecule is CCN(C[C@H]1CCCO1)C(=O)c1nn(CC(C)C)c(=O)c2ccccc12. The minimum absolute atomic E-state index is 0.0896. The molecule has 1 aliphatic rings. The van der Waals surface area contributed by atoms with E-state index in [-0.39, 0.29) is 23.5 Å². The number of carbonyl (C=O) groups excluding carboxylic acids is 1. The molecule has 26 heavy (non-hydrogen) atoms. The third-order valence-electron chi connectivity index (χ3n) is 4.73. The fourth-order valence-electron chi connectivity index (χ4n) is 3.40. The number of nitrogens with zero attached hydrogens (tertiary/aromatic N) is 3. The third-order valence-corrected chi connectivity index (χ3v) is 4.73. The van der Waals surface area contributed by atoms with Gasteiger partial charge in [0.25, 0.3) is 11.5 Å². The Morgan fingerprint density at radius 3 is 2.69 bits per heavy atom. The van der Waals surface area contributed by atoms with Crippen molar-refractivity contribution in [3.63, 3.8) is 0 Å². The van der Waals surface area contributed by atoms with Gasteiger partial charge in [0.2, 0.25) is 0 Å². The zero-order chi connectivity index (χ0) is 18.7. The lowest BCUT2D eigenvalue weighted by molar-refractivity contribution is 0.0534. The normalized spacial score (nSPS) is 17.2. The number of hydrogen-bond donors (Lipinski definition) is 0. The first-order chi connectivity index (χ1) is 12.5. The van der Waals surface area contributed by atoms with Crippen molar-refractivity contribution in [2.75, 3.05) is 19.7 Å². The molecule has 0 N–H and O–H groups in total. The van der Waals surface area contributed by atoms with Gasteiger partial charge in [-0.05, 0) is 31.7 Å². The Kier molecular flexibility index (Phi) is 5.71. The molecule has 1 fully saturated rings. The van der Waals surface area contributed by atoms with E-state index in [1.54, 1.807) is 17.0 Å². The van der Waals surface area contributed by atoms with Crippen LogP contribution in [0.3, 0.4) is 0 Å². The van der Waals surface area contributed by atoms with E-state index in [0.29, 0.717) is 36.1 Å². The Balaban J connectivity index is 2.02. The molecule has 0 radical (unpaired) electrons. The standard InChI is InChI=1S/C20H27N3O3/c1-4-22(13-15-8-7-11-26-15)20(25)18-16-9-5-6-10-17(16)19(24)23(21-18)12-14(2)3/h5-6,9-10,14-15H,4,7-8,11-13H2,1-3H3/t15-/m1/s1. The summed E-state index contributed by atoms with van der Waals surface area (Å²) in [5.74, 6) is 0.121. The molecular formula is C20H27N3O3. The van der Waals surface area contributed by atoms with E-state index in [1.165, 1.54) is 4.68 Å². The van der Waals surface area contributed by atoms with Crippen molar-refractivity contribution in [3.05, 3.63) is 40.3 Å². The number of amides is 1. The number of benzene rings is 1. The van der Waals surface area contributed by atoms with Gasteiger partial charge >= 0.3 is 0 Å². The Bertz CT molecular complexity index is 838. The predicted octanol–water partition coefficient (Wildman–Crippen LogP) is 2.69. The van der Waals surface area contributed by atoms with E-state index in [4.69, 9.17) is 4.74 Å². The highest BCUT2D eigenvalue weighted by atomic mass is 16.5. The van der Waals surface area contributed by atoms with Gasteiger partial charge in [0.15, 0.2) is 5.69 Å². The highest BCUT2D eigenvalue weighted by Crippen LogP contribution is 2.18. The van der Waals surface area contributed by atoms with Crippen molar-refractivity contribution < 1.29 is 9.53 Å². The van der Waals surface area contributed by atoms with Crippen molar-refractivity contribution in [3.8, 4) is 0 Å². The molecule has 1 aromatic carbocycles. The zero-order valence-corrected chi connectivity index (χ0v) is 15.8. The first-order valence-corrected chi connectivity index (χ1v) is 9.42. The van der Waals surface area contributed by atoms with Crippen LogP contribution in [0.5, 0.6) is 0 Å². The Morgan fingerprint density at radius 2 is 2.08 bits per heavy atom. The van der Waals surface area contributed by atoms with Crippen LogP contribution in [0.25, 0.3) is 10.8 Å². The monoisotopic (exact) mass is 357 g/mol. The summed E-state index contributed by atoms with van der Waals surface area (Å²) in [5, 5.41) is 5.62. The average Bonchev–Trinajstić information content (AvgIpc) is 3.14. The summed E-state index contributed by atoms with van der Waals surface area (Å²) in [6, 6.07) is 7.23. The second-order valence-corrected chi connectivity index (χ2v) is 7.25. The van der Waals surface area contributed by atoms with Crippen LogP contribution in [0.2, 0.25) is 0 Å². The summed E-state index contributed by atoms with van der Waals surface area (Å²) in [5.41, 5.74) is 0.203. The summed E-state index contributed by atoms with van der Waals surface area (Å²) in [6.45, 7) is 8.41. The maximum Gasteiger partial charge on any atom is 0.275 e. The minimum atomic E-state index is -0.145. The molecule has 6 nitrogen and oxygen atoms in total. The molecule has 2 aromatic rings. The quantitative estimate of drug-likeness (QED) is 0.797. The van der Waals surface area contributed by atoms with E-state index in [1.807, 2.05) is 32.9 Å². The van der Waals surface area contributed by atoms with Gasteiger partial charge < -0.3 is 9.64 Å². The Hall–Kier alpha value is -2.21. The van der Waals surface area contributed by atoms with Gasteiger partial charge in [-0.15, -0.1) is 0 Å². The number of hydrogen-bond acceptors (Lipinski definition) is 4. The fourth-order valence-corrected chi connectivity index (χ4v) is 3.40. The third kappa shape index (κ3) is 3.80. The van der Waals surface area contributed by atoms with Crippen LogP contribution >= 0.6 is 0 Å². The topological polar surface area (TPSA) is 64.4 Å². The van der Waals surface area contributed by atoms with Gasteiger partial charge in [0.05, 0.1) is 11.5 Å². The lowest BCUT2D eigenvalue weighted by Gasteiger charge is -2.24. The maximum atomic E-state index is 13.2. The molecule has 0 saturated carbocycles. The second kappa shape index (κ2) is 7.99. The number of carbonyl (C=O) groups is 1. The molecule has 0 aliphatic carbocycles. The molecule has 1 atom stereocenters. The van der Waals surface area contributed by atoms with E-state index in [9.17, 15) is 9.59 Å². The van der Waals surface area contributed by atoms with Gasteiger partial charge in [-0.3, -0.25) is 9.59 Å². The average molecular weight is 357 g/mol. The summed E-state index contributed by atoms with van der Waals surface area (Å²) < 4.78 is 7.12. The molecule has 3 rings (SSSR count). The molecule has 140 valence electrons. The Morgan fingerprint density at radius 1 is 1.35 bits per heavy atom. The highest BCUT2D eigenvalue weighted by Gasteiger charge is 2.25. The van der Waals surface area contributed by atoms with Crippen LogP contribution in [0, 0.1) is 5.92 Å². The minimum Gasteiger partial charge on any atom is -0.376 e. The number of fused-ring (bicyclic) bond motifs is 1. The maximum absolute atomic E-state index is 13.2. The molecule has 0 bridgehead atoms. The van der Waals surface area contributed by atoms with E-state index >= 15 is 0 Å². The van der Waals surface area contributed by atoms with Gasteiger partial charge in [0, 0.05) is 31.6 Å². The van der Waals surface area contributed by atoms with Gasteiger partial charge in [-0.25, -0.2) is 4.68 Å². The van der Waals surface area contributed by atoms with Crippen LogP contribution < -0.4 is 5.56 Å². The summed E-state index contributed by atoms with van der Waals surface area (Å²) in [6.07, 6.45) is 2.11. The second-order valence-electron chi connectivity index (χ2n) is 7.25. The smallest absolute Gasteiger partial charge is 0.275 e. The van der Waals surface area contributed by atoms with Gasteiger partial charge in [0.1, 0.15) is 0 Å². The van der Waals surface area contributed by atoms with Crippen molar-refractivity contribution >= 4 is 16.7 Å². The van der Waals surface area contributed by atoms with Crippen LogP contribution in [0.1, 0.15) is 44.1 Å². The van der Waals surface area contributed by atoms with E-state index in [2.05, 4.69) is 5.10 Å². The summed E-state index contributed by atoms with van der Waals surface area (Å²) in [4.78, 5) is 27.7. The number of likely N-dealkylation sites (N-methyl/N-ethyl adjacent to an activating group) is 1. The van der Waals surface area contributed by atoms with Crippen molar-refractivity contribution in [1.82, 2.24) is 14.7 Å². The van der Waals surface area contributed by atoms with Crippen LogP contribution in [0.4, 0.5) is 0 Å². The fraction of sp³-hybridized carbons (Fsp3) is 0.550. The zero-order valence-electron chi connectivity index (χ0n) is 15.8. The van der Waals surface area contributed by atoms with Crippen LogP contribution in [-0.2, 0) is 11.3 Å². The number of aromatic nitrogens is 2. The van der Waals surface area contributed by atoms with Crippen molar-refractivity contribution in [2.24, 2.45) is 5.92 Å². The lowest BCUT2D eigenvalue weighted by Crippen LogP contribution is -2.39. The van der Waals surface area contributed by atoms with Crippen LogP contribution in [0.15, 0.2) is 29.1 Å². The van der Waals surface area contributed by atoms with Gasteiger partial charge in [-0.2, -0.15) is 5.10 Å². The van der Waals surface area contributed by atoms with Gasteiger partial charge in [-0.1, -0.05) is 32.0 Å². The molecule has 1 amide bonds. The highest BCUT2D eigenvalue weighted by molar-refractivity contribution is 6.04. The molecule has 1 aromatic heterocycles. The summed E-state index contributed by atoms with van der Waals surface area (Å²) >= 11 is 0. The summed E-state index contributed by atoms with van der Waals surface area (Å²) in [7, 11) is 0. The molecule has 6 heteroatoms. The number of rotatable bonds is 6. The van der Waals surface area contributed by atoms with Crippen molar-refractivity contribution in [1.29, 1.82) is 0 Å².